The first kappa shape index (κ1) is 15.8. The van der Waals surface area contributed by atoms with Crippen LogP contribution in [-0.2, 0) is 5.92 Å². The van der Waals surface area contributed by atoms with Crippen molar-refractivity contribution in [2.45, 2.75) is 19.0 Å². The predicted molar refractivity (Wildman–Crippen MR) is 70.4 cm³/mol. The number of alkyl halides is 5. The van der Waals surface area contributed by atoms with Crippen molar-refractivity contribution in [1.29, 1.82) is 0 Å². The zero-order valence-corrected chi connectivity index (χ0v) is 11.5. The number of aryl methyl sites for hydroxylation is 1. The Morgan fingerprint density at radius 1 is 1.05 bits per heavy atom. The van der Waals surface area contributed by atoms with Crippen LogP contribution in [-0.4, -0.2) is 6.18 Å². The first-order valence-electron chi connectivity index (χ1n) is 5.86. The summed E-state index contributed by atoms with van der Waals surface area (Å²) in [7, 11) is 0. The van der Waals surface area contributed by atoms with E-state index in [2.05, 4.69) is 6.07 Å². The standard InChI is InChI=1S/C15H9ClF5/c1-9-5-6-12(16)8-13(9)10-3-2-4-11(7-10)14(17,18)15(19,20)21/h2-5,7-8H,1H3. The fourth-order valence-corrected chi connectivity index (χ4v) is 2.06. The lowest BCUT2D eigenvalue weighted by Gasteiger charge is -2.20. The van der Waals surface area contributed by atoms with E-state index in [4.69, 9.17) is 11.6 Å². The van der Waals surface area contributed by atoms with Gasteiger partial charge in [0.15, 0.2) is 0 Å². The Bertz CT molecular complexity index is 661. The van der Waals surface area contributed by atoms with Crippen LogP contribution < -0.4 is 0 Å². The number of hydrogen-bond donors (Lipinski definition) is 0. The first-order valence-corrected chi connectivity index (χ1v) is 6.24. The molecule has 0 amide bonds. The molecule has 0 aliphatic carbocycles. The Balaban J connectivity index is 2.55. The maximum Gasteiger partial charge on any atom is 0.458 e. The molecule has 0 nitrogen and oxygen atoms in total. The number of hydrogen-bond acceptors (Lipinski definition) is 0. The summed E-state index contributed by atoms with van der Waals surface area (Å²) in [4.78, 5) is 0. The second-order valence-corrected chi connectivity index (χ2v) is 4.94. The quantitative estimate of drug-likeness (QED) is 0.616. The molecular weight excluding hydrogens is 311 g/mol. The lowest BCUT2D eigenvalue weighted by molar-refractivity contribution is -0.289. The topological polar surface area (TPSA) is 0 Å². The highest BCUT2D eigenvalue weighted by atomic mass is 35.5. The van der Waals surface area contributed by atoms with Crippen LogP contribution in [0.25, 0.3) is 11.1 Å². The molecule has 2 aromatic carbocycles. The van der Waals surface area contributed by atoms with E-state index in [1.54, 1.807) is 13.0 Å². The lowest BCUT2D eigenvalue weighted by Crippen LogP contribution is -2.33. The van der Waals surface area contributed by atoms with Gasteiger partial charge in [-0.25, -0.2) is 0 Å². The van der Waals surface area contributed by atoms with Crippen LogP contribution in [0.15, 0.2) is 36.4 Å². The van der Waals surface area contributed by atoms with Crippen LogP contribution in [0.4, 0.5) is 22.0 Å². The summed E-state index contributed by atoms with van der Waals surface area (Å²) in [6, 6.07) is 9.93. The molecule has 2 aromatic rings. The van der Waals surface area contributed by atoms with Gasteiger partial charge in [-0.3, -0.25) is 0 Å². The van der Waals surface area contributed by atoms with E-state index in [1.807, 2.05) is 0 Å². The summed E-state index contributed by atoms with van der Waals surface area (Å²) >= 11 is 5.79. The van der Waals surface area contributed by atoms with Gasteiger partial charge in [-0.05, 0) is 41.8 Å². The van der Waals surface area contributed by atoms with Gasteiger partial charge in [-0.1, -0.05) is 29.8 Å². The molecule has 0 unspecified atom stereocenters. The third-order valence-corrected chi connectivity index (χ3v) is 3.23. The normalized spacial score (nSPS) is 12.5. The summed E-state index contributed by atoms with van der Waals surface area (Å²) in [5.74, 6) is -4.90. The number of benzene rings is 2. The largest absolute Gasteiger partial charge is 0.458 e. The van der Waals surface area contributed by atoms with Crippen LogP contribution in [0.5, 0.6) is 0 Å². The van der Waals surface area contributed by atoms with Gasteiger partial charge < -0.3 is 0 Å². The third kappa shape index (κ3) is 3.02. The van der Waals surface area contributed by atoms with E-state index in [0.29, 0.717) is 11.1 Å². The van der Waals surface area contributed by atoms with Crippen LogP contribution in [0.1, 0.15) is 11.1 Å². The van der Waals surface area contributed by atoms with Gasteiger partial charge >= 0.3 is 12.1 Å². The van der Waals surface area contributed by atoms with Gasteiger partial charge in [-0.2, -0.15) is 22.0 Å². The molecule has 21 heavy (non-hydrogen) atoms. The van der Waals surface area contributed by atoms with Crippen LogP contribution >= 0.6 is 11.6 Å². The Kier molecular flexibility index (Phi) is 3.97. The van der Waals surface area contributed by atoms with E-state index in [0.717, 1.165) is 18.2 Å². The fourth-order valence-electron chi connectivity index (χ4n) is 1.89. The molecule has 0 saturated carbocycles. The van der Waals surface area contributed by atoms with Crippen molar-refractivity contribution in [3.8, 4) is 11.1 Å². The average molecular weight is 320 g/mol. The van der Waals surface area contributed by atoms with Crippen LogP contribution in [0.2, 0.25) is 5.02 Å². The summed E-state index contributed by atoms with van der Waals surface area (Å²) < 4.78 is 64.0. The third-order valence-electron chi connectivity index (χ3n) is 3.01. The maximum absolute atomic E-state index is 13.4. The highest BCUT2D eigenvalue weighted by Gasteiger charge is 2.58. The molecule has 0 N–H and O–H groups in total. The van der Waals surface area contributed by atoms with Gasteiger partial charge in [0.25, 0.3) is 0 Å². The minimum absolute atomic E-state index is 0.241. The Morgan fingerprint density at radius 2 is 1.71 bits per heavy atom. The van der Waals surface area contributed by atoms with E-state index in [9.17, 15) is 22.0 Å². The molecule has 0 heterocycles. The number of halogens is 6. The molecule has 6 heteroatoms. The van der Waals surface area contributed by atoms with Gasteiger partial charge in [0.1, 0.15) is 0 Å². The van der Waals surface area contributed by atoms with Crippen molar-refractivity contribution in [2.24, 2.45) is 0 Å². The lowest BCUT2D eigenvalue weighted by atomic mass is 9.97. The molecule has 2 rings (SSSR count). The summed E-state index contributed by atoms with van der Waals surface area (Å²) in [5.41, 5.74) is 0.297. The fraction of sp³-hybridized carbons (Fsp3) is 0.200. The van der Waals surface area contributed by atoms with Gasteiger partial charge in [0.05, 0.1) is 0 Å². The molecular formula is C15H9ClF5. The van der Waals surface area contributed by atoms with Crippen LogP contribution in [0.3, 0.4) is 0 Å². The van der Waals surface area contributed by atoms with E-state index in [1.165, 1.54) is 12.1 Å². The van der Waals surface area contributed by atoms with Gasteiger partial charge in [0.2, 0.25) is 0 Å². The minimum atomic E-state index is -5.64. The van der Waals surface area contributed by atoms with Crippen molar-refractivity contribution in [1.82, 2.24) is 0 Å². The summed E-state index contributed by atoms with van der Waals surface area (Å²) in [6.45, 7) is 1.69. The molecule has 0 aliphatic rings. The summed E-state index contributed by atoms with van der Waals surface area (Å²) in [6.07, 6.45) is -5.64. The van der Waals surface area contributed by atoms with Crippen molar-refractivity contribution in [3.63, 3.8) is 0 Å². The Hall–Kier alpha value is -1.62. The Morgan fingerprint density at radius 3 is 2.33 bits per heavy atom. The number of rotatable bonds is 2. The summed E-state index contributed by atoms with van der Waals surface area (Å²) in [5, 5.41) is 0.253. The molecule has 0 spiro atoms. The van der Waals surface area contributed by atoms with E-state index in [-0.39, 0.29) is 10.6 Å². The monoisotopic (exact) mass is 319 g/mol. The molecule has 0 fully saturated rings. The van der Waals surface area contributed by atoms with Crippen molar-refractivity contribution >= 4 is 11.6 Å². The zero-order chi connectivity index (χ0) is 15.8. The molecule has 0 atom stereocenters. The highest BCUT2D eigenvalue weighted by molar-refractivity contribution is 6.30. The molecule has 0 bridgehead atoms. The van der Waals surface area contributed by atoms with E-state index >= 15 is 0 Å². The Labute approximate surface area is 123 Å². The molecule has 1 radical (unpaired) electrons. The van der Waals surface area contributed by atoms with Crippen molar-refractivity contribution in [2.75, 3.05) is 0 Å². The van der Waals surface area contributed by atoms with E-state index < -0.39 is 17.7 Å². The van der Waals surface area contributed by atoms with Gasteiger partial charge in [0, 0.05) is 16.7 Å². The predicted octanol–water partition coefficient (Wildman–Crippen LogP) is 5.77. The molecule has 0 aromatic heterocycles. The maximum atomic E-state index is 13.4. The minimum Gasteiger partial charge on any atom is -0.191 e. The zero-order valence-electron chi connectivity index (χ0n) is 10.7. The molecule has 0 saturated heterocycles. The molecule has 0 aliphatic heterocycles. The van der Waals surface area contributed by atoms with Gasteiger partial charge in [-0.15, -0.1) is 0 Å². The van der Waals surface area contributed by atoms with Crippen molar-refractivity contribution < 1.29 is 22.0 Å². The smallest absolute Gasteiger partial charge is 0.191 e. The van der Waals surface area contributed by atoms with Crippen molar-refractivity contribution in [3.05, 3.63) is 58.6 Å². The molecule has 111 valence electrons. The second kappa shape index (κ2) is 5.30. The SMILES string of the molecule is Cc1c[c]c(Cl)cc1-c1cccc(C(F)(F)C(F)(F)F)c1. The first-order chi connectivity index (χ1) is 9.63. The highest BCUT2D eigenvalue weighted by Crippen LogP contribution is 2.44. The average Bonchev–Trinajstić information content (AvgIpc) is 2.40. The van der Waals surface area contributed by atoms with Crippen LogP contribution in [0, 0.1) is 13.0 Å². The second-order valence-electron chi connectivity index (χ2n) is 4.53.